The zero-order valence-electron chi connectivity index (χ0n) is 6.06. The number of rotatable bonds is 1. The largest absolute Gasteiger partial charge is 0.369 e. The second-order valence-corrected chi connectivity index (χ2v) is 2.48. The van der Waals surface area contributed by atoms with E-state index < -0.39 is 0 Å². The molecule has 4 heteroatoms. The topological polar surface area (TPSA) is 43.8 Å². The number of nitrogen functional groups attached to an aromatic ring is 1. The number of anilines is 1. The van der Waals surface area contributed by atoms with E-state index in [4.69, 9.17) is 17.3 Å². The fraction of sp³-hybridized carbons (Fsp3) is 0.500. The molecule has 0 fully saturated rings. The van der Waals surface area contributed by atoms with Crippen LogP contribution in [0.4, 0.5) is 5.95 Å². The molecule has 0 unspecified atom stereocenters. The van der Waals surface area contributed by atoms with Crippen molar-refractivity contribution in [2.45, 2.75) is 13.3 Å². The molecule has 0 amide bonds. The van der Waals surface area contributed by atoms with Crippen LogP contribution in [-0.2, 0) is 13.5 Å². The molecule has 1 heterocycles. The van der Waals surface area contributed by atoms with Gasteiger partial charge in [-0.3, -0.25) is 0 Å². The first-order valence-electron chi connectivity index (χ1n) is 3.13. The van der Waals surface area contributed by atoms with E-state index in [0.29, 0.717) is 11.1 Å². The fourth-order valence-electron chi connectivity index (χ4n) is 0.778. The van der Waals surface area contributed by atoms with Gasteiger partial charge in [-0.25, -0.2) is 4.98 Å². The van der Waals surface area contributed by atoms with E-state index in [0.717, 1.165) is 12.1 Å². The normalized spacial score (nSPS) is 10.3. The van der Waals surface area contributed by atoms with Gasteiger partial charge >= 0.3 is 0 Å². The Morgan fingerprint density at radius 2 is 2.30 bits per heavy atom. The minimum Gasteiger partial charge on any atom is -0.369 e. The molecular formula is C6H10ClN3. The Hall–Kier alpha value is -0.700. The first-order chi connectivity index (χ1) is 4.66. The maximum absolute atomic E-state index is 5.83. The fourth-order valence-corrected chi connectivity index (χ4v) is 1.04. The smallest absolute Gasteiger partial charge is 0.201 e. The van der Waals surface area contributed by atoms with Gasteiger partial charge in [0.15, 0.2) is 0 Å². The third kappa shape index (κ3) is 0.968. The quantitative estimate of drug-likeness (QED) is 0.670. The lowest BCUT2D eigenvalue weighted by atomic mass is 10.4. The van der Waals surface area contributed by atoms with Crippen LogP contribution in [0.3, 0.4) is 0 Å². The van der Waals surface area contributed by atoms with E-state index in [-0.39, 0.29) is 0 Å². The van der Waals surface area contributed by atoms with Crippen molar-refractivity contribution >= 4 is 17.5 Å². The van der Waals surface area contributed by atoms with Crippen LogP contribution in [0.1, 0.15) is 12.6 Å². The minimum atomic E-state index is 0.474. The van der Waals surface area contributed by atoms with Gasteiger partial charge in [0.1, 0.15) is 5.15 Å². The predicted octanol–water partition coefficient (Wildman–Crippen LogP) is 1.22. The number of nitrogens with zero attached hydrogens (tertiary/aromatic N) is 2. The maximum atomic E-state index is 5.83. The van der Waals surface area contributed by atoms with Gasteiger partial charge in [0, 0.05) is 7.05 Å². The van der Waals surface area contributed by atoms with E-state index in [2.05, 4.69) is 4.98 Å². The second-order valence-electron chi connectivity index (χ2n) is 2.12. The Kier molecular flexibility index (Phi) is 1.85. The van der Waals surface area contributed by atoms with Crippen molar-refractivity contribution in [1.29, 1.82) is 0 Å². The van der Waals surface area contributed by atoms with E-state index in [1.165, 1.54) is 0 Å². The Morgan fingerprint density at radius 1 is 1.70 bits per heavy atom. The van der Waals surface area contributed by atoms with Crippen LogP contribution in [0.25, 0.3) is 0 Å². The molecule has 3 nitrogen and oxygen atoms in total. The Labute approximate surface area is 64.8 Å². The third-order valence-corrected chi connectivity index (χ3v) is 1.93. The van der Waals surface area contributed by atoms with Crippen LogP contribution in [0, 0.1) is 0 Å². The highest BCUT2D eigenvalue weighted by atomic mass is 35.5. The van der Waals surface area contributed by atoms with Crippen molar-refractivity contribution in [3.05, 3.63) is 10.8 Å². The molecule has 2 N–H and O–H groups in total. The van der Waals surface area contributed by atoms with Crippen LogP contribution < -0.4 is 5.73 Å². The Morgan fingerprint density at radius 3 is 2.50 bits per heavy atom. The van der Waals surface area contributed by atoms with Gasteiger partial charge in [-0.1, -0.05) is 18.5 Å². The number of aryl methyl sites for hydroxylation is 1. The van der Waals surface area contributed by atoms with Crippen LogP contribution in [0.5, 0.6) is 0 Å². The Bertz CT molecular complexity index is 241. The van der Waals surface area contributed by atoms with Crippen LogP contribution >= 0.6 is 11.6 Å². The zero-order valence-corrected chi connectivity index (χ0v) is 6.81. The molecule has 0 aliphatic heterocycles. The molecule has 56 valence electrons. The number of halogens is 1. The minimum absolute atomic E-state index is 0.474. The summed E-state index contributed by atoms with van der Waals surface area (Å²) >= 11 is 5.83. The van der Waals surface area contributed by atoms with Crippen LogP contribution in [-0.4, -0.2) is 9.55 Å². The number of hydrogen-bond donors (Lipinski definition) is 1. The van der Waals surface area contributed by atoms with Crippen LogP contribution in [0.15, 0.2) is 0 Å². The SMILES string of the molecule is CCc1nc(N)n(C)c1Cl. The van der Waals surface area contributed by atoms with Crippen molar-refractivity contribution in [3.63, 3.8) is 0 Å². The van der Waals surface area contributed by atoms with Crippen LogP contribution in [0.2, 0.25) is 5.15 Å². The van der Waals surface area contributed by atoms with Crippen molar-refractivity contribution in [3.8, 4) is 0 Å². The highest BCUT2D eigenvalue weighted by Crippen LogP contribution is 2.17. The molecule has 1 rings (SSSR count). The molecule has 0 spiro atoms. The zero-order chi connectivity index (χ0) is 7.72. The summed E-state index contributed by atoms with van der Waals surface area (Å²) in [7, 11) is 1.80. The summed E-state index contributed by atoms with van der Waals surface area (Å²) in [4.78, 5) is 4.04. The molecule has 0 aliphatic carbocycles. The third-order valence-electron chi connectivity index (χ3n) is 1.46. The first-order valence-corrected chi connectivity index (χ1v) is 3.51. The van der Waals surface area contributed by atoms with Crippen molar-refractivity contribution in [1.82, 2.24) is 9.55 Å². The van der Waals surface area contributed by atoms with Crippen molar-refractivity contribution in [2.24, 2.45) is 7.05 Å². The van der Waals surface area contributed by atoms with E-state index in [1.54, 1.807) is 11.6 Å². The molecule has 0 aliphatic rings. The highest BCUT2D eigenvalue weighted by molar-refractivity contribution is 6.30. The molecule has 0 bridgehead atoms. The monoisotopic (exact) mass is 159 g/mol. The van der Waals surface area contributed by atoms with Crippen molar-refractivity contribution in [2.75, 3.05) is 5.73 Å². The number of nitrogens with two attached hydrogens (primary N) is 1. The standard InChI is InChI=1S/C6H10ClN3/c1-3-4-5(7)10(2)6(8)9-4/h3H2,1-2H3,(H2,8,9). The molecule has 0 saturated heterocycles. The molecule has 1 aromatic heterocycles. The lowest BCUT2D eigenvalue weighted by Gasteiger charge is -1.93. The summed E-state index contributed by atoms with van der Waals surface area (Å²) < 4.78 is 1.67. The predicted molar refractivity (Wildman–Crippen MR) is 42.0 cm³/mol. The lowest BCUT2D eigenvalue weighted by molar-refractivity contribution is 0.928. The lowest BCUT2D eigenvalue weighted by Crippen LogP contribution is -1.96. The van der Waals surface area contributed by atoms with Gasteiger partial charge in [0.2, 0.25) is 5.95 Å². The average Bonchev–Trinajstić information content (AvgIpc) is 2.17. The molecule has 0 radical (unpaired) electrons. The summed E-state index contributed by atoms with van der Waals surface area (Å²) in [6.07, 6.45) is 0.823. The van der Waals surface area contributed by atoms with E-state index in [1.807, 2.05) is 6.92 Å². The number of hydrogen-bond acceptors (Lipinski definition) is 2. The number of imidazole rings is 1. The molecule has 0 aromatic carbocycles. The van der Waals surface area contributed by atoms with Gasteiger partial charge in [-0.2, -0.15) is 0 Å². The molecule has 1 aromatic rings. The van der Waals surface area contributed by atoms with Gasteiger partial charge in [-0.15, -0.1) is 0 Å². The second kappa shape index (κ2) is 2.50. The van der Waals surface area contributed by atoms with Gasteiger partial charge in [0.05, 0.1) is 5.69 Å². The molecule has 0 saturated carbocycles. The maximum Gasteiger partial charge on any atom is 0.201 e. The number of aromatic nitrogens is 2. The Balaban J connectivity index is 3.17. The van der Waals surface area contributed by atoms with Crippen molar-refractivity contribution < 1.29 is 0 Å². The molecular weight excluding hydrogens is 150 g/mol. The highest BCUT2D eigenvalue weighted by Gasteiger charge is 2.06. The summed E-state index contributed by atoms with van der Waals surface area (Å²) in [6.45, 7) is 1.99. The van der Waals surface area contributed by atoms with E-state index in [9.17, 15) is 0 Å². The molecule has 10 heavy (non-hydrogen) atoms. The van der Waals surface area contributed by atoms with Gasteiger partial charge in [0.25, 0.3) is 0 Å². The first kappa shape index (κ1) is 7.41. The average molecular weight is 160 g/mol. The van der Waals surface area contributed by atoms with Gasteiger partial charge in [-0.05, 0) is 6.42 Å². The summed E-state index contributed by atoms with van der Waals surface area (Å²) in [5.41, 5.74) is 6.35. The summed E-state index contributed by atoms with van der Waals surface area (Å²) in [5.74, 6) is 0.474. The summed E-state index contributed by atoms with van der Waals surface area (Å²) in [5, 5.41) is 0.639. The molecule has 0 atom stereocenters. The van der Waals surface area contributed by atoms with Gasteiger partial charge < -0.3 is 10.3 Å². The summed E-state index contributed by atoms with van der Waals surface area (Å²) in [6, 6.07) is 0. The van der Waals surface area contributed by atoms with E-state index >= 15 is 0 Å².